The van der Waals surface area contributed by atoms with Gasteiger partial charge in [0.2, 0.25) is 5.91 Å². The molecule has 20 heavy (non-hydrogen) atoms. The highest BCUT2D eigenvalue weighted by Gasteiger charge is 2.61. The first-order valence-electron chi connectivity index (χ1n) is 7.51. The molecule has 0 aliphatic heterocycles. The van der Waals surface area contributed by atoms with Crippen molar-refractivity contribution in [1.82, 2.24) is 10.8 Å². The van der Waals surface area contributed by atoms with Crippen LogP contribution >= 0.6 is 0 Å². The number of hydrogen-bond donors (Lipinski definition) is 2. The summed E-state index contributed by atoms with van der Waals surface area (Å²) in [4.78, 5) is 28.2. The smallest absolute Gasteiger partial charge is 0.252 e. The summed E-state index contributed by atoms with van der Waals surface area (Å²) in [7, 11) is 0. The van der Waals surface area contributed by atoms with Gasteiger partial charge in [0.1, 0.15) is 6.42 Å². The summed E-state index contributed by atoms with van der Waals surface area (Å²) in [5.74, 6) is 0.0729. The zero-order valence-electron chi connectivity index (χ0n) is 12.9. The lowest BCUT2D eigenvalue weighted by Gasteiger charge is -2.39. The number of hydrogen-bond acceptors (Lipinski definition) is 3. The zero-order valence-corrected chi connectivity index (χ0v) is 12.9. The molecule has 0 aromatic rings. The van der Waals surface area contributed by atoms with Crippen molar-refractivity contribution >= 4 is 11.8 Å². The molecule has 0 spiro atoms. The van der Waals surface area contributed by atoms with Crippen molar-refractivity contribution in [3.8, 4) is 0 Å². The Hall–Kier alpha value is -1.10. The van der Waals surface area contributed by atoms with Gasteiger partial charge in [0.15, 0.2) is 0 Å². The van der Waals surface area contributed by atoms with Crippen LogP contribution in [0.15, 0.2) is 0 Å². The van der Waals surface area contributed by atoms with E-state index in [1.165, 1.54) is 6.42 Å². The molecule has 0 aromatic carbocycles. The molecule has 5 heteroatoms. The van der Waals surface area contributed by atoms with E-state index in [0.717, 1.165) is 12.8 Å². The highest BCUT2D eigenvalue weighted by molar-refractivity contribution is 5.96. The van der Waals surface area contributed by atoms with E-state index in [9.17, 15) is 9.59 Å². The molecule has 0 unspecified atom stereocenters. The number of rotatable bonds is 5. The molecule has 0 heterocycles. The molecule has 2 fully saturated rings. The molecule has 2 N–H and O–H groups in total. The number of carbonyl (C=O) groups excluding carboxylic acids is 2. The van der Waals surface area contributed by atoms with Crippen molar-refractivity contribution < 1.29 is 14.4 Å². The first-order chi connectivity index (χ1) is 9.31. The molecule has 2 saturated carbocycles. The topological polar surface area (TPSA) is 67.4 Å². The molecule has 2 bridgehead atoms. The Kier molecular flexibility index (Phi) is 4.09. The minimum absolute atomic E-state index is 0.143. The fraction of sp³-hybridized carbons (Fsp3) is 0.867. The summed E-state index contributed by atoms with van der Waals surface area (Å²) < 4.78 is 0. The number of fused-ring (bicyclic) bond motifs is 2. The normalized spacial score (nSPS) is 34.0. The Morgan fingerprint density at radius 3 is 2.45 bits per heavy atom. The van der Waals surface area contributed by atoms with Crippen molar-refractivity contribution in [3.05, 3.63) is 0 Å². The second kappa shape index (κ2) is 5.35. The lowest BCUT2D eigenvalue weighted by atomic mass is 9.69. The molecule has 2 aliphatic carbocycles. The Labute approximate surface area is 120 Å². The lowest BCUT2D eigenvalue weighted by Crippen LogP contribution is -2.47. The van der Waals surface area contributed by atoms with E-state index in [0.29, 0.717) is 12.5 Å². The van der Waals surface area contributed by atoms with E-state index >= 15 is 0 Å². The summed E-state index contributed by atoms with van der Waals surface area (Å²) in [5, 5.41) is 3.06. The summed E-state index contributed by atoms with van der Waals surface area (Å²) in [6, 6.07) is 0.184. The van der Waals surface area contributed by atoms with Crippen LogP contribution in [0.5, 0.6) is 0 Å². The monoisotopic (exact) mass is 282 g/mol. The van der Waals surface area contributed by atoms with Crippen LogP contribution in [-0.2, 0) is 14.4 Å². The Morgan fingerprint density at radius 1 is 1.25 bits per heavy atom. The van der Waals surface area contributed by atoms with Crippen molar-refractivity contribution in [2.75, 3.05) is 6.61 Å². The van der Waals surface area contributed by atoms with E-state index in [1.807, 2.05) is 0 Å². The van der Waals surface area contributed by atoms with Crippen LogP contribution in [0.4, 0.5) is 0 Å². The van der Waals surface area contributed by atoms with Gasteiger partial charge in [-0.3, -0.25) is 14.4 Å². The average Bonchev–Trinajstić information content (AvgIpc) is 2.69. The third-order valence-electron chi connectivity index (χ3n) is 5.78. The second-order valence-corrected chi connectivity index (χ2v) is 6.87. The molecule has 2 aliphatic rings. The van der Waals surface area contributed by atoms with Gasteiger partial charge in [0, 0.05) is 6.04 Å². The van der Waals surface area contributed by atoms with Gasteiger partial charge in [-0.05, 0) is 42.9 Å². The maximum Gasteiger partial charge on any atom is 0.252 e. The summed E-state index contributed by atoms with van der Waals surface area (Å²) >= 11 is 0. The van der Waals surface area contributed by atoms with Gasteiger partial charge in [-0.15, -0.1) is 0 Å². The van der Waals surface area contributed by atoms with Crippen LogP contribution in [-0.4, -0.2) is 24.5 Å². The summed E-state index contributed by atoms with van der Waals surface area (Å²) in [6.45, 7) is 9.05. The quantitative estimate of drug-likeness (QED) is 0.596. The third kappa shape index (κ3) is 2.43. The van der Waals surface area contributed by atoms with Crippen molar-refractivity contribution in [2.45, 2.75) is 59.4 Å². The predicted molar refractivity (Wildman–Crippen MR) is 75.5 cm³/mol. The molecular formula is C15H26N2O3. The fourth-order valence-corrected chi connectivity index (χ4v) is 4.00. The van der Waals surface area contributed by atoms with E-state index in [2.05, 4.69) is 31.6 Å². The number of nitrogens with one attached hydrogen (secondary N) is 2. The largest absolute Gasteiger partial charge is 0.352 e. The van der Waals surface area contributed by atoms with E-state index in [-0.39, 0.29) is 29.2 Å². The fourth-order valence-electron chi connectivity index (χ4n) is 4.00. The maximum atomic E-state index is 12.0. The standard InChI is InChI=1S/C15H26N2O3/c1-5-20-17-13(19)9-12(18)16-11-8-10-6-7-15(11,4)14(10,2)3/h10-11H,5-9H2,1-4H3,(H,16,18)(H,17,19)/t10-,11+,15+/m1/s1. The second-order valence-electron chi connectivity index (χ2n) is 6.87. The van der Waals surface area contributed by atoms with Crippen LogP contribution in [0.3, 0.4) is 0 Å². The van der Waals surface area contributed by atoms with Crippen LogP contribution in [0.1, 0.15) is 53.4 Å². The summed E-state index contributed by atoms with van der Waals surface area (Å²) in [5.41, 5.74) is 2.65. The highest BCUT2D eigenvalue weighted by atomic mass is 16.6. The van der Waals surface area contributed by atoms with Gasteiger partial charge in [-0.1, -0.05) is 20.8 Å². The predicted octanol–water partition coefficient (Wildman–Crippen LogP) is 1.78. The zero-order chi connectivity index (χ0) is 15.0. The highest BCUT2D eigenvalue weighted by Crippen LogP contribution is 2.65. The lowest BCUT2D eigenvalue weighted by molar-refractivity contribution is -0.138. The first kappa shape index (κ1) is 15.3. The van der Waals surface area contributed by atoms with Crippen LogP contribution in [0.25, 0.3) is 0 Å². The average molecular weight is 282 g/mol. The summed E-state index contributed by atoms with van der Waals surface area (Å²) in [6.07, 6.45) is 3.27. The minimum atomic E-state index is -0.392. The number of carbonyl (C=O) groups is 2. The van der Waals surface area contributed by atoms with Gasteiger partial charge in [-0.2, -0.15) is 0 Å². The van der Waals surface area contributed by atoms with Gasteiger partial charge >= 0.3 is 0 Å². The molecule has 114 valence electrons. The first-order valence-corrected chi connectivity index (χ1v) is 7.51. The van der Waals surface area contributed by atoms with E-state index < -0.39 is 5.91 Å². The van der Waals surface area contributed by atoms with E-state index in [1.54, 1.807) is 6.92 Å². The maximum absolute atomic E-state index is 12.0. The molecule has 5 nitrogen and oxygen atoms in total. The Balaban J connectivity index is 1.89. The molecule has 0 aromatic heterocycles. The molecule has 0 radical (unpaired) electrons. The molecular weight excluding hydrogens is 256 g/mol. The van der Waals surface area contributed by atoms with Crippen LogP contribution in [0, 0.1) is 16.7 Å². The van der Waals surface area contributed by atoms with Gasteiger partial charge in [0.05, 0.1) is 6.61 Å². The Bertz CT molecular complexity index is 408. The van der Waals surface area contributed by atoms with Crippen LogP contribution in [0.2, 0.25) is 0 Å². The van der Waals surface area contributed by atoms with Crippen molar-refractivity contribution in [1.29, 1.82) is 0 Å². The molecule has 2 amide bonds. The van der Waals surface area contributed by atoms with Gasteiger partial charge < -0.3 is 5.32 Å². The van der Waals surface area contributed by atoms with E-state index in [4.69, 9.17) is 4.84 Å². The van der Waals surface area contributed by atoms with Gasteiger partial charge in [0.25, 0.3) is 5.91 Å². The Morgan fingerprint density at radius 2 is 1.95 bits per heavy atom. The van der Waals surface area contributed by atoms with Crippen LogP contribution < -0.4 is 10.8 Å². The molecule has 3 atom stereocenters. The van der Waals surface area contributed by atoms with Crippen molar-refractivity contribution in [3.63, 3.8) is 0 Å². The molecule has 2 rings (SSSR count). The molecule has 0 saturated heterocycles. The third-order valence-corrected chi connectivity index (χ3v) is 5.78. The number of amides is 2. The van der Waals surface area contributed by atoms with Crippen molar-refractivity contribution in [2.24, 2.45) is 16.7 Å². The SMILES string of the molecule is CCONC(=O)CC(=O)N[C@H]1C[C@H]2CC[C@]1(C)C2(C)C. The minimum Gasteiger partial charge on any atom is -0.352 e. The number of hydroxylamine groups is 1. The van der Waals surface area contributed by atoms with Gasteiger partial charge in [-0.25, -0.2) is 5.48 Å².